The van der Waals surface area contributed by atoms with Gasteiger partial charge in [-0.1, -0.05) is 30.8 Å². The number of nitrogens with zero attached hydrogens (tertiary/aromatic N) is 3. The number of hydrogen-bond donors (Lipinski definition) is 1. The molecule has 29 heavy (non-hydrogen) atoms. The molecule has 7 heteroatoms. The second-order valence-electron chi connectivity index (χ2n) is 6.78. The predicted octanol–water partition coefficient (Wildman–Crippen LogP) is 4.49. The lowest BCUT2D eigenvalue weighted by molar-refractivity contribution is -0.113. The van der Waals surface area contributed by atoms with Gasteiger partial charge in [-0.2, -0.15) is 0 Å². The van der Waals surface area contributed by atoms with E-state index in [9.17, 15) is 4.79 Å². The second kappa shape index (κ2) is 8.13. The molecule has 2 aromatic carbocycles. The summed E-state index contributed by atoms with van der Waals surface area (Å²) in [6, 6.07) is 15.9. The van der Waals surface area contributed by atoms with Crippen LogP contribution in [0.1, 0.15) is 18.1 Å². The summed E-state index contributed by atoms with van der Waals surface area (Å²) in [7, 11) is 1.64. The summed E-state index contributed by atoms with van der Waals surface area (Å²) < 4.78 is 7.36. The van der Waals surface area contributed by atoms with E-state index in [2.05, 4.69) is 28.5 Å². The fourth-order valence-corrected chi connectivity index (χ4v) is 4.00. The maximum absolute atomic E-state index is 12.4. The summed E-state index contributed by atoms with van der Waals surface area (Å²) in [4.78, 5) is 12.4. The van der Waals surface area contributed by atoms with Crippen molar-refractivity contribution in [1.29, 1.82) is 0 Å². The van der Waals surface area contributed by atoms with Gasteiger partial charge in [0, 0.05) is 11.8 Å². The lowest BCUT2D eigenvalue weighted by atomic mass is 10.1. The predicted molar refractivity (Wildman–Crippen MR) is 117 cm³/mol. The zero-order valence-corrected chi connectivity index (χ0v) is 17.4. The van der Waals surface area contributed by atoms with Crippen LogP contribution in [0.15, 0.2) is 53.7 Å². The Balaban J connectivity index is 1.58. The molecule has 0 saturated carbocycles. The van der Waals surface area contributed by atoms with Gasteiger partial charge in [0.15, 0.2) is 10.8 Å². The molecule has 0 spiro atoms. The Labute approximate surface area is 173 Å². The maximum atomic E-state index is 12.4. The summed E-state index contributed by atoms with van der Waals surface area (Å²) in [5.74, 6) is 0.932. The van der Waals surface area contributed by atoms with Crippen LogP contribution in [0.5, 0.6) is 5.75 Å². The zero-order valence-electron chi connectivity index (χ0n) is 16.6. The fourth-order valence-electron chi connectivity index (χ4n) is 3.25. The minimum absolute atomic E-state index is 0.0782. The number of carbonyl (C=O) groups excluding carboxylic acids is 1. The van der Waals surface area contributed by atoms with Crippen LogP contribution in [0.2, 0.25) is 0 Å². The first kappa shape index (κ1) is 19.3. The number of pyridine rings is 1. The first-order valence-corrected chi connectivity index (χ1v) is 10.4. The monoisotopic (exact) mass is 406 g/mol. The van der Waals surface area contributed by atoms with Gasteiger partial charge in [0.05, 0.1) is 18.4 Å². The van der Waals surface area contributed by atoms with Crippen molar-refractivity contribution in [3.8, 4) is 5.75 Å². The average Bonchev–Trinajstić information content (AvgIpc) is 3.18. The summed E-state index contributed by atoms with van der Waals surface area (Å²) in [6.07, 6.45) is 0.974. The smallest absolute Gasteiger partial charge is 0.234 e. The van der Waals surface area contributed by atoms with Crippen LogP contribution in [0.3, 0.4) is 0 Å². The van der Waals surface area contributed by atoms with Crippen molar-refractivity contribution < 1.29 is 9.53 Å². The molecule has 1 amide bonds. The van der Waals surface area contributed by atoms with Gasteiger partial charge >= 0.3 is 0 Å². The van der Waals surface area contributed by atoms with Crippen molar-refractivity contribution >= 4 is 39.9 Å². The minimum atomic E-state index is -0.0782. The molecule has 0 aliphatic heterocycles. The average molecular weight is 407 g/mol. The quantitative estimate of drug-likeness (QED) is 0.478. The molecule has 6 nitrogen and oxygen atoms in total. The highest BCUT2D eigenvalue weighted by Gasteiger charge is 2.14. The van der Waals surface area contributed by atoms with E-state index in [0.29, 0.717) is 5.16 Å². The van der Waals surface area contributed by atoms with Gasteiger partial charge < -0.3 is 10.1 Å². The normalized spacial score (nSPS) is 11.1. The molecule has 0 aliphatic carbocycles. The number of aromatic nitrogens is 3. The van der Waals surface area contributed by atoms with Gasteiger partial charge in [-0.25, -0.2) is 0 Å². The number of rotatable bonds is 6. The Kier molecular flexibility index (Phi) is 5.40. The molecule has 0 atom stereocenters. The van der Waals surface area contributed by atoms with Gasteiger partial charge in [0.1, 0.15) is 5.75 Å². The molecule has 0 bridgehead atoms. The lowest BCUT2D eigenvalue weighted by Gasteiger charge is -2.09. The maximum Gasteiger partial charge on any atom is 0.234 e. The van der Waals surface area contributed by atoms with Crippen LogP contribution in [0.4, 0.5) is 5.69 Å². The van der Waals surface area contributed by atoms with Crippen LogP contribution in [0.25, 0.3) is 16.6 Å². The van der Waals surface area contributed by atoms with Crippen LogP contribution < -0.4 is 10.1 Å². The standard InChI is InChI=1S/C22H22N4O2S/c1-4-15-5-8-17(9-6-15)23-20(27)13-29-22-25-24-21-14(2)11-16-7-10-18(28-3)12-19(16)26(21)22/h5-12H,4,13H2,1-3H3,(H,23,27). The first-order valence-electron chi connectivity index (χ1n) is 9.43. The van der Waals surface area contributed by atoms with E-state index in [1.54, 1.807) is 7.11 Å². The number of aryl methyl sites for hydroxylation is 2. The van der Waals surface area contributed by atoms with E-state index in [1.807, 2.05) is 53.8 Å². The van der Waals surface area contributed by atoms with Crippen LogP contribution in [-0.2, 0) is 11.2 Å². The summed E-state index contributed by atoms with van der Waals surface area (Å²) in [5, 5.41) is 13.3. The number of nitrogens with one attached hydrogen (secondary N) is 1. The Bertz CT molecular complexity index is 1190. The largest absolute Gasteiger partial charge is 0.497 e. The molecule has 148 valence electrons. The summed E-state index contributed by atoms with van der Waals surface area (Å²) >= 11 is 1.37. The number of hydrogen-bond acceptors (Lipinski definition) is 5. The minimum Gasteiger partial charge on any atom is -0.497 e. The van der Waals surface area contributed by atoms with E-state index >= 15 is 0 Å². The molecule has 0 aliphatic rings. The first-order chi connectivity index (χ1) is 14.1. The number of benzene rings is 2. The number of ether oxygens (including phenoxy) is 1. The third-order valence-corrected chi connectivity index (χ3v) is 5.74. The highest BCUT2D eigenvalue weighted by Crippen LogP contribution is 2.28. The number of methoxy groups -OCH3 is 1. The SMILES string of the molecule is CCc1ccc(NC(=O)CSc2nnc3c(C)cc4ccc(OC)cc4n23)cc1. The molecule has 4 aromatic rings. The van der Waals surface area contributed by atoms with E-state index in [0.717, 1.165) is 40.0 Å². The van der Waals surface area contributed by atoms with Gasteiger partial charge in [0.25, 0.3) is 0 Å². The van der Waals surface area contributed by atoms with Gasteiger partial charge in [-0.3, -0.25) is 9.20 Å². The second-order valence-corrected chi connectivity index (χ2v) is 7.72. The molecule has 0 saturated heterocycles. The van der Waals surface area contributed by atoms with Crippen molar-refractivity contribution in [3.63, 3.8) is 0 Å². The number of fused-ring (bicyclic) bond motifs is 3. The highest BCUT2D eigenvalue weighted by molar-refractivity contribution is 7.99. The molecule has 0 fully saturated rings. The number of thioether (sulfide) groups is 1. The van der Waals surface area contributed by atoms with Crippen molar-refractivity contribution in [2.75, 3.05) is 18.2 Å². The van der Waals surface area contributed by atoms with E-state index in [4.69, 9.17) is 4.74 Å². The number of carbonyl (C=O) groups is 1. The van der Waals surface area contributed by atoms with E-state index < -0.39 is 0 Å². The molecule has 2 aromatic heterocycles. The molecule has 4 rings (SSSR count). The highest BCUT2D eigenvalue weighted by atomic mass is 32.2. The van der Waals surface area contributed by atoms with E-state index in [-0.39, 0.29) is 11.7 Å². The lowest BCUT2D eigenvalue weighted by Crippen LogP contribution is -2.14. The van der Waals surface area contributed by atoms with Gasteiger partial charge in [-0.15, -0.1) is 10.2 Å². The van der Waals surface area contributed by atoms with Crippen molar-refractivity contribution in [2.45, 2.75) is 25.4 Å². The molecule has 1 N–H and O–H groups in total. The third kappa shape index (κ3) is 3.91. The van der Waals surface area contributed by atoms with Crippen molar-refractivity contribution in [2.24, 2.45) is 0 Å². The topological polar surface area (TPSA) is 68.5 Å². The number of anilines is 1. The zero-order chi connectivity index (χ0) is 20.4. The van der Waals surface area contributed by atoms with Crippen molar-refractivity contribution in [1.82, 2.24) is 14.6 Å². The van der Waals surface area contributed by atoms with Crippen LogP contribution >= 0.6 is 11.8 Å². The van der Waals surface area contributed by atoms with Crippen molar-refractivity contribution in [3.05, 3.63) is 59.7 Å². The third-order valence-electron chi connectivity index (χ3n) is 4.81. The summed E-state index contributed by atoms with van der Waals surface area (Å²) in [6.45, 7) is 4.11. The molecular weight excluding hydrogens is 384 g/mol. The Morgan fingerprint density at radius 2 is 1.93 bits per heavy atom. The fraction of sp³-hybridized carbons (Fsp3) is 0.227. The van der Waals surface area contributed by atoms with Gasteiger partial charge in [-0.05, 0) is 60.2 Å². The number of amides is 1. The Morgan fingerprint density at radius 1 is 1.14 bits per heavy atom. The van der Waals surface area contributed by atoms with Gasteiger partial charge in [0.2, 0.25) is 5.91 Å². The Hall–Kier alpha value is -3.06. The Morgan fingerprint density at radius 3 is 2.66 bits per heavy atom. The van der Waals surface area contributed by atoms with E-state index in [1.165, 1.54) is 17.3 Å². The molecule has 0 radical (unpaired) electrons. The molecule has 2 heterocycles. The molecule has 0 unspecified atom stereocenters. The summed E-state index contributed by atoms with van der Waals surface area (Å²) in [5.41, 5.74) is 4.80. The van der Waals surface area contributed by atoms with Crippen LogP contribution in [0, 0.1) is 6.92 Å². The molecular formula is C22H22N4O2S. The van der Waals surface area contributed by atoms with Crippen LogP contribution in [-0.4, -0.2) is 33.4 Å².